The van der Waals surface area contributed by atoms with Crippen molar-refractivity contribution in [2.24, 2.45) is 5.92 Å². The number of carbonyl (C=O) groups excluding carboxylic acids is 2. The van der Waals surface area contributed by atoms with Gasteiger partial charge in [0.25, 0.3) is 5.91 Å². The highest BCUT2D eigenvalue weighted by atomic mass is 16.2. The topological polar surface area (TPSA) is 73.5 Å². The lowest BCUT2D eigenvalue weighted by Crippen LogP contribution is -2.49. The largest absolute Gasteiger partial charge is 0.387 e. The van der Waals surface area contributed by atoms with Crippen molar-refractivity contribution in [3.8, 4) is 0 Å². The molecule has 0 radical (unpaired) electrons. The maximum absolute atomic E-state index is 13.4. The van der Waals surface area contributed by atoms with E-state index in [1.807, 2.05) is 58.6 Å². The highest BCUT2D eigenvalue weighted by Gasteiger charge is 2.42. The van der Waals surface area contributed by atoms with E-state index in [-0.39, 0.29) is 29.3 Å². The number of carbonyl (C=O) groups is 2. The van der Waals surface area contributed by atoms with Gasteiger partial charge < -0.3 is 20.9 Å². The summed E-state index contributed by atoms with van der Waals surface area (Å²) in [5, 5.41) is 9.42. The lowest BCUT2D eigenvalue weighted by atomic mass is 9.70. The molecule has 0 spiro atoms. The van der Waals surface area contributed by atoms with Crippen LogP contribution in [0.15, 0.2) is 42.4 Å². The maximum Gasteiger partial charge on any atom is 0.273 e. The molecule has 6 nitrogen and oxygen atoms in total. The molecule has 1 saturated carbocycles. The number of amides is 2. The maximum atomic E-state index is 13.4. The molecule has 206 valence electrons. The van der Waals surface area contributed by atoms with Crippen LogP contribution in [0.3, 0.4) is 0 Å². The van der Waals surface area contributed by atoms with Gasteiger partial charge in [0.15, 0.2) is 0 Å². The fourth-order valence-electron chi connectivity index (χ4n) is 5.92. The fourth-order valence-corrected chi connectivity index (χ4v) is 5.92. The molecular formula is C31H50N4O2. The first-order valence-corrected chi connectivity index (χ1v) is 14.3. The van der Waals surface area contributed by atoms with E-state index in [0.717, 1.165) is 48.3 Å². The molecule has 1 saturated heterocycles. The van der Waals surface area contributed by atoms with E-state index in [1.54, 1.807) is 6.20 Å². The van der Waals surface area contributed by atoms with Gasteiger partial charge in [-0.2, -0.15) is 0 Å². The Kier molecular flexibility index (Phi) is 11.3. The van der Waals surface area contributed by atoms with E-state index >= 15 is 0 Å². The van der Waals surface area contributed by atoms with Crippen LogP contribution in [0.5, 0.6) is 0 Å². The van der Waals surface area contributed by atoms with Gasteiger partial charge in [-0.25, -0.2) is 0 Å². The number of nitrogens with one attached hydrogen (secondary N) is 3. The fraction of sp³-hybridized carbons (Fsp3) is 0.613. The van der Waals surface area contributed by atoms with Crippen molar-refractivity contribution < 1.29 is 9.59 Å². The van der Waals surface area contributed by atoms with Gasteiger partial charge in [-0.1, -0.05) is 73.1 Å². The van der Waals surface area contributed by atoms with Crippen molar-refractivity contribution in [3.05, 3.63) is 53.5 Å². The number of anilines is 1. The molecule has 0 bridgehead atoms. The highest BCUT2D eigenvalue weighted by Crippen LogP contribution is 2.44. The van der Waals surface area contributed by atoms with Gasteiger partial charge in [-0.05, 0) is 56.2 Å². The molecule has 1 aromatic rings. The second-order valence-corrected chi connectivity index (χ2v) is 10.6. The van der Waals surface area contributed by atoms with Crippen LogP contribution in [-0.4, -0.2) is 35.3 Å². The lowest BCUT2D eigenvalue weighted by molar-refractivity contribution is -0.135. The summed E-state index contributed by atoms with van der Waals surface area (Å²) in [7, 11) is 0. The van der Waals surface area contributed by atoms with E-state index < -0.39 is 0 Å². The molecule has 2 heterocycles. The van der Waals surface area contributed by atoms with Gasteiger partial charge in [0.2, 0.25) is 5.91 Å². The van der Waals surface area contributed by atoms with Gasteiger partial charge in [0.1, 0.15) is 5.70 Å². The van der Waals surface area contributed by atoms with Crippen LogP contribution < -0.4 is 16.0 Å². The molecular weight excluding hydrogens is 460 g/mol. The summed E-state index contributed by atoms with van der Waals surface area (Å²) in [6.45, 7) is 21.6. The number of hydrogen-bond donors (Lipinski definition) is 3. The van der Waals surface area contributed by atoms with Crippen LogP contribution in [0.2, 0.25) is 0 Å². The van der Waals surface area contributed by atoms with E-state index in [9.17, 15) is 9.59 Å². The van der Waals surface area contributed by atoms with Crippen LogP contribution in [0.25, 0.3) is 0 Å². The summed E-state index contributed by atoms with van der Waals surface area (Å²) in [6.07, 6.45) is 7.51. The number of benzene rings is 1. The Morgan fingerprint density at radius 2 is 1.84 bits per heavy atom. The van der Waals surface area contributed by atoms with Gasteiger partial charge in [0.05, 0.1) is 0 Å². The molecule has 4 rings (SSSR count). The molecule has 0 aromatic heterocycles. The van der Waals surface area contributed by atoms with Crippen LogP contribution in [0, 0.1) is 12.8 Å². The summed E-state index contributed by atoms with van der Waals surface area (Å²) in [5.74, 6) is 0.673. The zero-order valence-electron chi connectivity index (χ0n) is 24.5. The van der Waals surface area contributed by atoms with Crippen LogP contribution in [0.1, 0.15) is 98.1 Å². The second kappa shape index (κ2) is 13.7. The van der Waals surface area contributed by atoms with Gasteiger partial charge in [-0.3, -0.25) is 9.59 Å². The first kappa shape index (κ1) is 30.5. The number of allylic oxidation sites excluding steroid dienone is 1. The van der Waals surface area contributed by atoms with Gasteiger partial charge in [0, 0.05) is 48.0 Å². The quantitative estimate of drug-likeness (QED) is 0.439. The first-order chi connectivity index (χ1) is 17.7. The third-order valence-electron chi connectivity index (χ3n) is 7.57. The molecule has 2 fully saturated rings. The molecule has 2 aliphatic heterocycles. The Labute approximate surface area is 225 Å². The molecule has 2 unspecified atom stereocenters. The molecule has 37 heavy (non-hydrogen) atoms. The Hall–Kier alpha value is -2.76. The Morgan fingerprint density at radius 1 is 1.14 bits per heavy atom. The predicted octanol–water partition coefficient (Wildman–Crippen LogP) is 6.38. The van der Waals surface area contributed by atoms with Crippen molar-refractivity contribution in [2.45, 2.75) is 111 Å². The van der Waals surface area contributed by atoms with Gasteiger partial charge in [-0.15, -0.1) is 0 Å². The molecule has 1 aromatic carbocycles. The van der Waals surface area contributed by atoms with Crippen molar-refractivity contribution in [1.29, 1.82) is 0 Å². The highest BCUT2D eigenvalue weighted by molar-refractivity contribution is 6.03. The van der Waals surface area contributed by atoms with E-state index in [1.165, 1.54) is 12.8 Å². The molecule has 6 heteroatoms. The summed E-state index contributed by atoms with van der Waals surface area (Å²) in [4.78, 5) is 28.2. The average molecular weight is 511 g/mol. The van der Waals surface area contributed by atoms with E-state index in [0.29, 0.717) is 18.0 Å². The number of piperidine rings is 1. The van der Waals surface area contributed by atoms with Gasteiger partial charge >= 0.3 is 0 Å². The Morgan fingerprint density at radius 3 is 2.46 bits per heavy atom. The Balaban J connectivity index is 0.00000115. The van der Waals surface area contributed by atoms with E-state index in [4.69, 9.17) is 0 Å². The first-order valence-electron chi connectivity index (χ1n) is 14.3. The molecule has 4 atom stereocenters. The van der Waals surface area contributed by atoms with E-state index in [2.05, 4.69) is 42.4 Å². The van der Waals surface area contributed by atoms with Crippen molar-refractivity contribution in [3.63, 3.8) is 0 Å². The third-order valence-corrected chi connectivity index (χ3v) is 7.57. The number of likely N-dealkylation sites (tertiary alicyclic amines) is 1. The van der Waals surface area contributed by atoms with Crippen molar-refractivity contribution in [2.75, 3.05) is 11.9 Å². The average Bonchev–Trinajstić information content (AvgIpc) is 2.87. The van der Waals surface area contributed by atoms with Crippen LogP contribution >= 0.6 is 0 Å². The standard InChI is InChI=1S/C27H38N4O2.2C2H6/c1-17-8-6-9-21(12-17)31-19(3)13-27(5,14-25(31)32)22-10-7-11-23(20(22)4)30-26(33)24-16-28-15-18(2)29-24;2*1-2/h7,10-11,16-18,21,28-29H,3,6,8-9,12-15H2,1-2,4-5H3,(H,30,33);2*1-2H3/t17?,18?,21-,27+;;/m1../s1. The number of hydrogen-bond acceptors (Lipinski definition) is 4. The molecule has 1 aliphatic carbocycles. The smallest absolute Gasteiger partial charge is 0.273 e. The summed E-state index contributed by atoms with van der Waals surface area (Å²) < 4.78 is 0. The Bertz CT molecular complexity index is 965. The number of rotatable bonds is 4. The zero-order valence-corrected chi connectivity index (χ0v) is 24.5. The normalized spacial score (nSPS) is 27.3. The molecule has 3 aliphatic rings. The minimum absolute atomic E-state index is 0.166. The van der Waals surface area contributed by atoms with Crippen LogP contribution in [-0.2, 0) is 15.0 Å². The van der Waals surface area contributed by atoms with Crippen molar-refractivity contribution in [1.82, 2.24) is 15.5 Å². The molecule has 3 N–H and O–H groups in total. The summed E-state index contributed by atoms with van der Waals surface area (Å²) >= 11 is 0. The summed E-state index contributed by atoms with van der Waals surface area (Å²) in [6, 6.07) is 6.46. The predicted molar refractivity (Wildman–Crippen MR) is 155 cm³/mol. The lowest BCUT2D eigenvalue weighted by Gasteiger charge is -2.46. The van der Waals surface area contributed by atoms with Crippen LogP contribution in [0.4, 0.5) is 5.69 Å². The minimum atomic E-state index is -0.339. The molecule has 2 amide bonds. The third kappa shape index (κ3) is 7.18. The second-order valence-electron chi connectivity index (χ2n) is 10.6. The zero-order chi connectivity index (χ0) is 27.8. The minimum Gasteiger partial charge on any atom is -0.387 e. The SMILES string of the molecule is C=C1C[C@](C)(c2cccc(NC(=O)C3=CNCC(C)N3)c2C)CC(=O)N1[C@@H]1CCCC(C)C1.CC.CC. The summed E-state index contributed by atoms with van der Waals surface area (Å²) in [5.41, 5.74) is 4.01. The number of nitrogens with zero attached hydrogens (tertiary/aromatic N) is 1. The monoisotopic (exact) mass is 510 g/mol. The van der Waals surface area contributed by atoms with Crippen molar-refractivity contribution >= 4 is 17.5 Å².